The van der Waals surface area contributed by atoms with Crippen LogP contribution in [0.2, 0.25) is 0 Å². The number of nitrogens with one attached hydrogen (secondary N) is 1. The van der Waals surface area contributed by atoms with Crippen LogP contribution in [0.5, 0.6) is 11.5 Å². The maximum absolute atomic E-state index is 6.38. The topological polar surface area (TPSA) is 48.3 Å². The molecule has 3 aromatic rings. The number of aromatic nitrogens is 2. The van der Waals surface area contributed by atoms with E-state index in [4.69, 9.17) is 9.47 Å². The Labute approximate surface area is 197 Å². The molecule has 0 spiro atoms. The van der Waals surface area contributed by atoms with Crippen LogP contribution in [0.25, 0.3) is 0 Å². The van der Waals surface area contributed by atoms with Gasteiger partial charge in [-0.15, -0.1) is 0 Å². The molecule has 0 bridgehead atoms. The molecule has 1 unspecified atom stereocenters. The van der Waals surface area contributed by atoms with Crippen molar-refractivity contribution < 1.29 is 9.47 Å². The normalized spacial score (nSPS) is 22.4. The van der Waals surface area contributed by atoms with Gasteiger partial charge >= 0.3 is 0 Å². The first-order valence-electron chi connectivity index (χ1n) is 12.5. The number of nitrogens with zero attached hydrogens (tertiary/aromatic N) is 2. The molecular formula is C28H35N3O2. The van der Waals surface area contributed by atoms with E-state index in [-0.39, 0.29) is 6.10 Å². The van der Waals surface area contributed by atoms with Crippen LogP contribution in [0, 0.1) is 6.92 Å². The fourth-order valence-corrected chi connectivity index (χ4v) is 5.07. The van der Waals surface area contributed by atoms with Crippen molar-refractivity contribution in [3.05, 3.63) is 77.1 Å². The number of fused-ring (bicyclic) bond motifs is 1. The molecule has 33 heavy (non-hydrogen) atoms. The van der Waals surface area contributed by atoms with Crippen LogP contribution in [0.15, 0.2) is 54.7 Å². The van der Waals surface area contributed by atoms with Crippen LogP contribution in [-0.4, -0.2) is 21.9 Å². The zero-order valence-corrected chi connectivity index (χ0v) is 19.8. The molecular weight excluding hydrogens is 410 g/mol. The monoisotopic (exact) mass is 445 g/mol. The lowest BCUT2D eigenvalue weighted by Gasteiger charge is -2.30. The van der Waals surface area contributed by atoms with Crippen molar-refractivity contribution in [1.29, 1.82) is 0 Å². The third kappa shape index (κ3) is 5.25. The summed E-state index contributed by atoms with van der Waals surface area (Å²) in [6, 6.07) is 17.4. The Morgan fingerprint density at radius 1 is 1.06 bits per heavy atom. The first-order chi connectivity index (χ1) is 16.2. The van der Waals surface area contributed by atoms with Gasteiger partial charge < -0.3 is 14.8 Å². The van der Waals surface area contributed by atoms with Crippen molar-refractivity contribution in [3.63, 3.8) is 0 Å². The quantitative estimate of drug-likeness (QED) is 0.502. The lowest BCUT2D eigenvalue weighted by atomic mass is 9.92. The highest BCUT2D eigenvalue weighted by atomic mass is 16.5. The van der Waals surface area contributed by atoms with Gasteiger partial charge in [-0.2, -0.15) is 5.10 Å². The summed E-state index contributed by atoms with van der Waals surface area (Å²) in [7, 11) is 0. The number of benzene rings is 2. The summed E-state index contributed by atoms with van der Waals surface area (Å²) >= 11 is 0. The number of hydrogen-bond donors (Lipinski definition) is 1. The highest BCUT2D eigenvalue weighted by Gasteiger charge is 2.24. The second-order valence-corrected chi connectivity index (χ2v) is 9.39. The van der Waals surface area contributed by atoms with Crippen LogP contribution in [0.4, 0.5) is 0 Å². The summed E-state index contributed by atoms with van der Waals surface area (Å²) in [4.78, 5) is 0. The van der Waals surface area contributed by atoms with Gasteiger partial charge in [0.1, 0.15) is 17.6 Å². The van der Waals surface area contributed by atoms with Crippen LogP contribution in [0.3, 0.4) is 0 Å². The minimum absolute atomic E-state index is 0.147. The third-order valence-corrected chi connectivity index (χ3v) is 7.08. The van der Waals surface area contributed by atoms with Gasteiger partial charge in [0.15, 0.2) is 0 Å². The van der Waals surface area contributed by atoms with Crippen LogP contribution < -0.4 is 14.8 Å². The second-order valence-electron chi connectivity index (χ2n) is 9.39. The molecule has 0 saturated heterocycles. The van der Waals surface area contributed by atoms with Gasteiger partial charge in [-0.05, 0) is 81.7 Å². The summed E-state index contributed by atoms with van der Waals surface area (Å²) in [6.45, 7) is 6.05. The minimum Gasteiger partial charge on any atom is -0.490 e. The maximum Gasteiger partial charge on any atom is 0.124 e. The largest absolute Gasteiger partial charge is 0.490 e. The second kappa shape index (κ2) is 10.0. The highest BCUT2D eigenvalue weighted by molar-refractivity contribution is 5.42. The van der Waals surface area contributed by atoms with E-state index in [1.54, 1.807) is 0 Å². The van der Waals surface area contributed by atoms with Gasteiger partial charge in [0.05, 0.1) is 11.8 Å². The highest BCUT2D eigenvalue weighted by Crippen LogP contribution is 2.37. The van der Waals surface area contributed by atoms with Crippen molar-refractivity contribution >= 4 is 0 Å². The lowest BCUT2D eigenvalue weighted by molar-refractivity contribution is 0.138. The molecule has 2 aliphatic rings. The molecule has 1 atom stereocenters. The molecule has 1 fully saturated rings. The zero-order chi connectivity index (χ0) is 22.6. The van der Waals surface area contributed by atoms with Crippen molar-refractivity contribution in [2.24, 2.45) is 0 Å². The van der Waals surface area contributed by atoms with Crippen molar-refractivity contribution in [1.82, 2.24) is 15.1 Å². The molecule has 2 heterocycles. The molecule has 1 N–H and O–H groups in total. The van der Waals surface area contributed by atoms with E-state index >= 15 is 0 Å². The molecule has 1 aliphatic heterocycles. The smallest absolute Gasteiger partial charge is 0.124 e. The molecule has 1 aromatic heterocycles. The van der Waals surface area contributed by atoms with Crippen molar-refractivity contribution in [2.75, 3.05) is 0 Å². The number of ether oxygens (including phenoxy) is 2. The number of hydrogen-bond acceptors (Lipinski definition) is 4. The molecule has 0 amide bonds. The first kappa shape index (κ1) is 22.0. The van der Waals surface area contributed by atoms with Gasteiger partial charge in [-0.25, -0.2) is 0 Å². The molecule has 5 nitrogen and oxygen atoms in total. The molecule has 0 radical (unpaired) electrons. The summed E-state index contributed by atoms with van der Waals surface area (Å²) < 4.78 is 14.7. The lowest BCUT2D eigenvalue weighted by Crippen LogP contribution is -2.36. The minimum atomic E-state index is 0.147. The first-order valence-corrected chi connectivity index (χ1v) is 12.5. The summed E-state index contributed by atoms with van der Waals surface area (Å²) in [6.07, 6.45) is 9.13. The fraction of sp³-hybridized carbons (Fsp3) is 0.464. The van der Waals surface area contributed by atoms with E-state index in [9.17, 15) is 0 Å². The van der Waals surface area contributed by atoms with Gasteiger partial charge in [0.2, 0.25) is 0 Å². The Morgan fingerprint density at radius 2 is 1.88 bits per heavy atom. The third-order valence-electron chi connectivity index (χ3n) is 7.08. The van der Waals surface area contributed by atoms with Gasteiger partial charge in [0.25, 0.3) is 0 Å². The molecule has 5 rings (SSSR count). The van der Waals surface area contributed by atoms with Gasteiger partial charge in [0, 0.05) is 30.9 Å². The standard InChI is InChI=1S/C28H35N3O2/c1-3-31-19-23(20(2)30-31)18-29-24-10-12-25(13-11-24)32-26-14-16-28-22(17-26)9-15-27(33-28)21-7-5-4-6-8-21/h4-8,14,16-17,19,24-25,27,29H,3,9-13,15,18H2,1-2H3. The van der Waals surface area contributed by atoms with Crippen molar-refractivity contribution in [2.45, 2.75) is 83.7 Å². The van der Waals surface area contributed by atoms with E-state index in [2.05, 4.69) is 79.0 Å². The number of rotatable bonds is 7. The molecule has 1 aliphatic carbocycles. The Kier molecular flexibility index (Phi) is 6.68. The van der Waals surface area contributed by atoms with Crippen LogP contribution >= 0.6 is 0 Å². The predicted octanol–water partition coefficient (Wildman–Crippen LogP) is 5.76. The zero-order valence-electron chi connectivity index (χ0n) is 19.8. The molecule has 2 aromatic carbocycles. The summed E-state index contributed by atoms with van der Waals surface area (Å²) in [5.74, 6) is 1.98. The molecule has 5 heteroatoms. The molecule has 1 saturated carbocycles. The van der Waals surface area contributed by atoms with E-state index < -0.39 is 0 Å². The van der Waals surface area contributed by atoms with Gasteiger partial charge in [-0.3, -0.25) is 4.68 Å². The maximum atomic E-state index is 6.38. The van der Waals surface area contributed by atoms with Gasteiger partial charge in [-0.1, -0.05) is 30.3 Å². The average molecular weight is 446 g/mol. The van der Waals surface area contributed by atoms with E-state index in [0.29, 0.717) is 12.1 Å². The Bertz CT molecular complexity index is 1050. The predicted molar refractivity (Wildman–Crippen MR) is 131 cm³/mol. The summed E-state index contributed by atoms with van der Waals surface area (Å²) in [5, 5.41) is 8.28. The van der Waals surface area contributed by atoms with Crippen molar-refractivity contribution in [3.8, 4) is 11.5 Å². The van der Waals surface area contributed by atoms with E-state index in [1.165, 1.54) is 16.7 Å². The van der Waals surface area contributed by atoms with Crippen LogP contribution in [-0.2, 0) is 19.5 Å². The SMILES string of the molecule is CCn1cc(CNC2CCC(Oc3ccc4c(c3)CCC(c3ccccc3)O4)CC2)c(C)n1. The Morgan fingerprint density at radius 3 is 2.64 bits per heavy atom. The van der Waals surface area contributed by atoms with Crippen LogP contribution in [0.1, 0.15) is 67.5 Å². The summed E-state index contributed by atoms with van der Waals surface area (Å²) in [5.41, 5.74) is 4.95. The molecule has 174 valence electrons. The Balaban J connectivity index is 1.11. The average Bonchev–Trinajstić information content (AvgIpc) is 3.23. The van der Waals surface area contributed by atoms with E-state index in [0.717, 1.165) is 68.8 Å². The Hall–Kier alpha value is -2.79. The number of aryl methyl sites for hydroxylation is 3. The van der Waals surface area contributed by atoms with E-state index in [1.807, 2.05) is 4.68 Å². The fourth-order valence-electron chi connectivity index (χ4n) is 5.07.